The number of aromatic nitrogens is 1. The Morgan fingerprint density at radius 1 is 1.14 bits per heavy atom. The van der Waals surface area contributed by atoms with Crippen LogP contribution < -0.4 is 14.8 Å². The average Bonchev–Trinajstić information content (AvgIpc) is 2.49. The van der Waals surface area contributed by atoms with Gasteiger partial charge in [-0.3, -0.25) is 0 Å². The highest BCUT2D eigenvalue weighted by molar-refractivity contribution is 9.10. The van der Waals surface area contributed by atoms with Gasteiger partial charge >= 0.3 is 0 Å². The Morgan fingerprint density at radius 2 is 1.90 bits per heavy atom. The van der Waals surface area contributed by atoms with Crippen LogP contribution in [0.5, 0.6) is 11.5 Å². The fourth-order valence-corrected chi connectivity index (χ4v) is 2.73. The first-order valence-corrected chi connectivity index (χ1v) is 7.72. The largest absolute Gasteiger partial charge is 0.486 e. The molecule has 1 aliphatic heterocycles. The van der Waals surface area contributed by atoms with Crippen molar-refractivity contribution in [3.8, 4) is 11.5 Å². The second kappa shape index (κ2) is 5.93. The monoisotopic (exact) mass is 348 g/mol. The van der Waals surface area contributed by atoms with Crippen molar-refractivity contribution in [2.75, 3.05) is 18.5 Å². The summed E-state index contributed by atoms with van der Waals surface area (Å²) in [6.45, 7) is 5.33. The van der Waals surface area contributed by atoms with Crippen LogP contribution in [-0.2, 0) is 0 Å². The number of ether oxygens (including phenoxy) is 2. The van der Waals surface area contributed by atoms with Gasteiger partial charge in [0.1, 0.15) is 17.8 Å². The summed E-state index contributed by atoms with van der Waals surface area (Å²) in [5.41, 5.74) is 3.15. The number of halogens is 1. The number of rotatable bonds is 3. The quantitative estimate of drug-likeness (QED) is 0.848. The number of hydrogen-bond donors (Lipinski definition) is 1. The van der Waals surface area contributed by atoms with Gasteiger partial charge in [-0.05, 0) is 59.6 Å². The van der Waals surface area contributed by atoms with Gasteiger partial charge in [0, 0.05) is 6.04 Å². The van der Waals surface area contributed by atoms with Crippen LogP contribution in [0.4, 0.5) is 5.69 Å². The predicted octanol–water partition coefficient (Wildman–Crippen LogP) is 4.10. The number of nitrogens with one attached hydrogen (secondary N) is 1. The molecule has 0 bridgehead atoms. The Bertz CT molecular complexity index is 661. The second-order valence-corrected chi connectivity index (χ2v) is 5.85. The molecule has 5 heteroatoms. The summed E-state index contributed by atoms with van der Waals surface area (Å²) in [4.78, 5) is 4.40. The van der Waals surface area contributed by atoms with E-state index in [9.17, 15) is 0 Å². The van der Waals surface area contributed by atoms with Crippen LogP contribution in [0.15, 0.2) is 34.9 Å². The van der Waals surface area contributed by atoms with Crippen LogP contribution in [0.25, 0.3) is 0 Å². The van der Waals surface area contributed by atoms with Crippen LogP contribution in [0.3, 0.4) is 0 Å². The molecule has 2 heterocycles. The molecule has 0 aliphatic carbocycles. The first kappa shape index (κ1) is 14.2. The van der Waals surface area contributed by atoms with Gasteiger partial charge in [-0.2, -0.15) is 0 Å². The van der Waals surface area contributed by atoms with E-state index in [1.807, 2.05) is 31.2 Å². The van der Waals surface area contributed by atoms with Crippen molar-refractivity contribution in [2.45, 2.75) is 19.9 Å². The number of aryl methyl sites for hydroxylation is 1. The van der Waals surface area contributed by atoms with Crippen LogP contribution in [-0.4, -0.2) is 18.2 Å². The van der Waals surface area contributed by atoms with E-state index < -0.39 is 0 Å². The SMILES string of the molecule is Cc1nc(Br)ccc1NC(C)c1ccc2c(c1)OCCO2. The molecule has 4 nitrogen and oxygen atoms in total. The van der Waals surface area contributed by atoms with Crippen molar-refractivity contribution < 1.29 is 9.47 Å². The van der Waals surface area contributed by atoms with E-state index in [1.165, 1.54) is 0 Å². The molecule has 0 spiro atoms. The van der Waals surface area contributed by atoms with Gasteiger partial charge in [0.15, 0.2) is 11.5 Å². The van der Waals surface area contributed by atoms with Gasteiger partial charge in [-0.1, -0.05) is 6.07 Å². The maximum absolute atomic E-state index is 5.63. The summed E-state index contributed by atoms with van der Waals surface area (Å²) >= 11 is 3.38. The Morgan fingerprint density at radius 3 is 2.67 bits per heavy atom. The molecule has 0 radical (unpaired) electrons. The molecule has 0 saturated carbocycles. The number of fused-ring (bicyclic) bond motifs is 1. The molecule has 1 atom stereocenters. The molecular weight excluding hydrogens is 332 g/mol. The van der Waals surface area contributed by atoms with E-state index in [0.717, 1.165) is 33.0 Å². The van der Waals surface area contributed by atoms with E-state index in [-0.39, 0.29) is 6.04 Å². The molecular formula is C16H17BrN2O2. The van der Waals surface area contributed by atoms with Gasteiger partial charge in [0.2, 0.25) is 0 Å². The molecule has 1 aromatic carbocycles. The van der Waals surface area contributed by atoms with E-state index in [0.29, 0.717) is 13.2 Å². The van der Waals surface area contributed by atoms with Crippen molar-refractivity contribution in [3.63, 3.8) is 0 Å². The highest BCUT2D eigenvalue weighted by atomic mass is 79.9. The minimum Gasteiger partial charge on any atom is -0.486 e. The fraction of sp³-hybridized carbons (Fsp3) is 0.312. The molecule has 0 fully saturated rings. The lowest BCUT2D eigenvalue weighted by Gasteiger charge is -2.22. The number of pyridine rings is 1. The standard InChI is InChI=1S/C16H17BrN2O2/c1-10(18-13-4-6-16(17)19-11(13)2)12-3-5-14-15(9-12)21-8-7-20-14/h3-6,9-10,18H,7-8H2,1-2H3. The predicted molar refractivity (Wildman–Crippen MR) is 86.1 cm³/mol. The van der Waals surface area contributed by atoms with Crippen molar-refractivity contribution >= 4 is 21.6 Å². The van der Waals surface area contributed by atoms with Gasteiger partial charge < -0.3 is 14.8 Å². The van der Waals surface area contributed by atoms with Gasteiger partial charge in [0.25, 0.3) is 0 Å². The maximum atomic E-state index is 5.63. The summed E-state index contributed by atoms with van der Waals surface area (Å²) in [5, 5.41) is 3.48. The number of nitrogens with zero attached hydrogens (tertiary/aromatic N) is 1. The molecule has 0 amide bonds. The third kappa shape index (κ3) is 3.13. The first-order valence-electron chi connectivity index (χ1n) is 6.93. The summed E-state index contributed by atoms with van der Waals surface area (Å²) in [6.07, 6.45) is 0. The highest BCUT2D eigenvalue weighted by Gasteiger charge is 2.15. The zero-order valence-electron chi connectivity index (χ0n) is 12.0. The number of hydrogen-bond acceptors (Lipinski definition) is 4. The highest BCUT2D eigenvalue weighted by Crippen LogP contribution is 2.33. The smallest absolute Gasteiger partial charge is 0.161 e. The molecule has 3 rings (SSSR count). The zero-order valence-corrected chi connectivity index (χ0v) is 13.6. The third-order valence-electron chi connectivity index (χ3n) is 3.49. The van der Waals surface area contributed by atoms with E-state index in [4.69, 9.17) is 9.47 Å². The Labute approximate surface area is 132 Å². The lowest BCUT2D eigenvalue weighted by Crippen LogP contribution is -2.16. The van der Waals surface area contributed by atoms with Gasteiger partial charge in [-0.25, -0.2) is 4.98 Å². The lowest BCUT2D eigenvalue weighted by molar-refractivity contribution is 0.171. The second-order valence-electron chi connectivity index (χ2n) is 5.04. The molecule has 1 aliphatic rings. The Kier molecular flexibility index (Phi) is 4.01. The van der Waals surface area contributed by atoms with Crippen LogP contribution >= 0.6 is 15.9 Å². The number of anilines is 1. The third-order valence-corrected chi connectivity index (χ3v) is 3.93. The summed E-state index contributed by atoms with van der Waals surface area (Å²) in [5.74, 6) is 1.64. The minimum atomic E-state index is 0.155. The Balaban J connectivity index is 1.80. The van der Waals surface area contributed by atoms with Crippen LogP contribution in [0.2, 0.25) is 0 Å². The molecule has 1 N–H and O–H groups in total. The normalized spacial score (nSPS) is 14.6. The topological polar surface area (TPSA) is 43.4 Å². The van der Waals surface area contributed by atoms with Crippen molar-refractivity contribution in [1.82, 2.24) is 4.98 Å². The van der Waals surface area contributed by atoms with E-state index in [1.54, 1.807) is 0 Å². The molecule has 1 aromatic heterocycles. The maximum Gasteiger partial charge on any atom is 0.161 e. The Hall–Kier alpha value is -1.75. The lowest BCUT2D eigenvalue weighted by atomic mass is 10.1. The van der Waals surface area contributed by atoms with E-state index in [2.05, 4.69) is 39.2 Å². The molecule has 21 heavy (non-hydrogen) atoms. The van der Waals surface area contributed by atoms with Crippen molar-refractivity contribution in [1.29, 1.82) is 0 Å². The van der Waals surface area contributed by atoms with E-state index >= 15 is 0 Å². The van der Waals surface area contributed by atoms with Gasteiger partial charge in [0.05, 0.1) is 11.4 Å². The van der Waals surface area contributed by atoms with Crippen LogP contribution in [0, 0.1) is 6.92 Å². The van der Waals surface area contributed by atoms with Gasteiger partial charge in [-0.15, -0.1) is 0 Å². The summed E-state index contributed by atoms with van der Waals surface area (Å²) in [6, 6.07) is 10.2. The van der Waals surface area contributed by atoms with Crippen LogP contribution in [0.1, 0.15) is 24.2 Å². The first-order chi connectivity index (χ1) is 10.1. The summed E-state index contributed by atoms with van der Waals surface area (Å²) in [7, 11) is 0. The summed E-state index contributed by atoms with van der Waals surface area (Å²) < 4.78 is 12.0. The average molecular weight is 349 g/mol. The molecule has 2 aromatic rings. The molecule has 1 unspecified atom stereocenters. The zero-order chi connectivity index (χ0) is 14.8. The molecule has 110 valence electrons. The minimum absolute atomic E-state index is 0.155. The van der Waals surface area contributed by atoms with Crippen molar-refractivity contribution in [3.05, 3.63) is 46.2 Å². The molecule has 0 saturated heterocycles. The van der Waals surface area contributed by atoms with Crippen molar-refractivity contribution in [2.24, 2.45) is 0 Å². The fourth-order valence-electron chi connectivity index (χ4n) is 2.33. The number of benzene rings is 1.